The van der Waals surface area contributed by atoms with Crippen LogP contribution in [-0.4, -0.2) is 15.1 Å². The first-order chi connectivity index (χ1) is 10.7. The number of rotatable bonds is 5. The summed E-state index contributed by atoms with van der Waals surface area (Å²) in [6.07, 6.45) is 0. The Balaban J connectivity index is 1.63. The number of hydrogen-bond donors (Lipinski definition) is 0. The zero-order chi connectivity index (χ0) is 15.4. The molecule has 0 aliphatic rings. The Morgan fingerprint density at radius 1 is 1.09 bits per heavy atom. The lowest BCUT2D eigenvalue weighted by atomic mass is 10.2. The van der Waals surface area contributed by atoms with E-state index in [-0.39, 0.29) is 5.69 Å². The van der Waals surface area contributed by atoms with Gasteiger partial charge in [-0.15, -0.1) is 21.5 Å². The van der Waals surface area contributed by atoms with Crippen LogP contribution in [0.2, 0.25) is 0 Å². The number of nitro groups is 1. The van der Waals surface area contributed by atoms with Crippen molar-refractivity contribution >= 4 is 28.8 Å². The summed E-state index contributed by atoms with van der Waals surface area (Å²) in [4.78, 5) is 11.3. The highest BCUT2D eigenvalue weighted by Crippen LogP contribution is 2.25. The Morgan fingerprint density at radius 2 is 1.91 bits per heavy atom. The van der Waals surface area contributed by atoms with Crippen molar-refractivity contribution in [3.63, 3.8) is 0 Å². The molecule has 0 spiro atoms. The molecule has 0 bridgehead atoms. The summed E-state index contributed by atoms with van der Waals surface area (Å²) >= 11 is 3.19. The smallest absolute Gasteiger partial charge is 0.258 e. The van der Waals surface area contributed by atoms with Crippen LogP contribution in [-0.2, 0) is 5.75 Å². The van der Waals surface area contributed by atoms with Crippen LogP contribution in [0.4, 0.5) is 5.69 Å². The average Bonchev–Trinajstić information content (AvgIpc) is 3.08. The summed E-state index contributed by atoms with van der Waals surface area (Å²) in [5.41, 5.74) is 1.99. The molecule has 0 unspecified atom stereocenters. The fraction of sp³-hybridized carbons (Fsp3) is 0.0667. The van der Waals surface area contributed by atoms with Crippen LogP contribution in [0.3, 0.4) is 0 Å². The highest BCUT2D eigenvalue weighted by molar-refractivity contribution is 7.98. The number of thioether (sulfide) groups is 1. The maximum absolute atomic E-state index is 10.6. The Bertz CT molecular complexity index is 756. The molecule has 0 aliphatic carbocycles. The monoisotopic (exact) mass is 329 g/mol. The third-order valence-corrected chi connectivity index (χ3v) is 4.83. The summed E-state index contributed by atoms with van der Waals surface area (Å²) < 4.78 is 0. The third-order valence-electron chi connectivity index (χ3n) is 2.95. The molecule has 0 saturated carbocycles. The van der Waals surface area contributed by atoms with E-state index in [9.17, 15) is 10.1 Å². The quantitative estimate of drug-likeness (QED) is 0.394. The topological polar surface area (TPSA) is 68.9 Å². The van der Waals surface area contributed by atoms with Crippen molar-refractivity contribution in [3.8, 4) is 10.6 Å². The van der Waals surface area contributed by atoms with Gasteiger partial charge in [-0.1, -0.05) is 30.0 Å². The molecule has 0 saturated heterocycles. The van der Waals surface area contributed by atoms with Gasteiger partial charge in [-0.3, -0.25) is 10.1 Å². The first-order valence-corrected chi connectivity index (χ1v) is 8.32. The van der Waals surface area contributed by atoms with E-state index in [0.717, 1.165) is 21.2 Å². The van der Waals surface area contributed by atoms with Crippen molar-refractivity contribution in [2.24, 2.45) is 0 Å². The van der Waals surface area contributed by atoms with E-state index >= 15 is 0 Å². The van der Waals surface area contributed by atoms with Crippen LogP contribution < -0.4 is 0 Å². The molecular formula is C15H11N3O2S2. The number of aromatic nitrogens is 2. The molecule has 0 N–H and O–H groups in total. The van der Waals surface area contributed by atoms with E-state index in [1.54, 1.807) is 35.2 Å². The molecule has 3 rings (SSSR count). The second-order valence-electron chi connectivity index (χ2n) is 4.45. The second-order valence-corrected chi connectivity index (χ2v) is 6.39. The van der Waals surface area contributed by atoms with Gasteiger partial charge in [0.1, 0.15) is 10.7 Å². The lowest BCUT2D eigenvalue weighted by Crippen LogP contribution is -1.90. The maximum Gasteiger partial charge on any atom is 0.269 e. The van der Waals surface area contributed by atoms with Crippen molar-refractivity contribution in [1.29, 1.82) is 0 Å². The minimum atomic E-state index is -0.397. The van der Waals surface area contributed by atoms with Crippen LogP contribution in [0.25, 0.3) is 10.6 Å². The molecule has 0 amide bonds. The summed E-state index contributed by atoms with van der Waals surface area (Å²) in [5.74, 6) is 0.699. The van der Waals surface area contributed by atoms with Gasteiger partial charge >= 0.3 is 0 Å². The van der Waals surface area contributed by atoms with E-state index in [2.05, 4.69) is 10.2 Å². The summed E-state index contributed by atoms with van der Waals surface area (Å²) in [6, 6.07) is 14.5. The van der Waals surface area contributed by atoms with Gasteiger partial charge in [0.05, 0.1) is 9.80 Å². The van der Waals surface area contributed by atoms with E-state index in [4.69, 9.17) is 0 Å². The van der Waals surface area contributed by atoms with Crippen molar-refractivity contribution < 1.29 is 4.92 Å². The molecule has 0 fully saturated rings. The predicted molar refractivity (Wildman–Crippen MR) is 88.0 cm³/mol. The molecule has 110 valence electrons. The Kier molecular flexibility index (Phi) is 4.45. The highest BCUT2D eigenvalue weighted by Gasteiger charge is 2.06. The van der Waals surface area contributed by atoms with Crippen molar-refractivity contribution in [1.82, 2.24) is 10.2 Å². The van der Waals surface area contributed by atoms with Gasteiger partial charge < -0.3 is 0 Å². The molecule has 22 heavy (non-hydrogen) atoms. The minimum Gasteiger partial charge on any atom is -0.258 e. The van der Waals surface area contributed by atoms with Crippen LogP contribution in [0.5, 0.6) is 0 Å². The maximum atomic E-state index is 10.6. The minimum absolute atomic E-state index is 0.105. The normalized spacial score (nSPS) is 10.5. The van der Waals surface area contributed by atoms with Gasteiger partial charge in [0.25, 0.3) is 5.69 Å². The molecule has 1 aromatic carbocycles. The molecule has 2 heterocycles. The molecule has 0 aliphatic heterocycles. The number of nitrogens with zero attached hydrogens (tertiary/aromatic N) is 3. The molecular weight excluding hydrogens is 318 g/mol. The van der Waals surface area contributed by atoms with E-state index in [0.29, 0.717) is 5.75 Å². The average molecular weight is 329 g/mol. The second kappa shape index (κ2) is 6.67. The van der Waals surface area contributed by atoms with Crippen molar-refractivity contribution in [3.05, 3.63) is 69.6 Å². The predicted octanol–water partition coefficient (Wildman–Crippen LogP) is 4.41. The van der Waals surface area contributed by atoms with Crippen LogP contribution in [0, 0.1) is 10.1 Å². The standard InChI is InChI=1S/C15H11N3O2S2/c19-18(20)12-5-3-11(4-6-12)10-22-15-8-7-13(16-17-15)14-2-1-9-21-14/h1-9H,10H2. The SMILES string of the molecule is O=[N+]([O-])c1ccc(CSc2ccc(-c3cccs3)nn2)cc1. The number of benzene rings is 1. The van der Waals surface area contributed by atoms with Gasteiger partial charge in [-0.25, -0.2) is 0 Å². The Labute approximate surface area is 135 Å². The van der Waals surface area contributed by atoms with E-state index in [1.807, 2.05) is 29.6 Å². The van der Waals surface area contributed by atoms with Gasteiger partial charge in [0.2, 0.25) is 0 Å². The molecule has 3 aromatic rings. The van der Waals surface area contributed by atoms with Gasteiger partial charge in [0.15, 0.2) is 0 Å². The van der Waals surface area contributed by atoms with Gasteiger partial charge in [-0.2, -0.15) is 0 Å². The molecule has 2 aromatic heterocycles. The zero-order valence-corrected chi connectivity index (χ0v) is 13.0. The van der Waals surface area contributed by atoms with E-state index in [1.165, 1.54) is 12.1 Å². The molecule has 0 atom stereocenters. The summed E-state index contributed by atoms with van der Waals surface area (Å²) in [6.45, 7) is 0. The first kappa shape index (κ1) is 14.7. The summed E-state index contributed by atoms with van der Waals surface area (Å²) in [7, 11) is 0. The number of non-ortho nitro benzene ring substituents is 1. The molecule has 7 heteroatoms. The number of hydrogen-bond acceptors (Lipinski definition) is 6. The first-order valence-electron chi connectivity index (χ1n) is 6.46. The Hall–Kier alpha value is -2.25. The van der Waals surface area contributed by atoms with Crippen LogP contribution in [0.1, 0.15) is 5.56 Å². The van der Waals surface area contributed by atoms with Crippen LogP contribution >= 0.6 is 23.1 Å². The fourth-order valence-electron chi connectivity index (χ4n) is 1.82. The number of thiophene rings is 1. The van der Waals surface area contributed by atoms with Crippen molar-refractivity contribution in [2.45, 2.75) is 10.8 Å². The molecule has 5 nitrogen and oxygen atoms in total. The fourth-order valence-corrected chi connectivity index (χ4v) is 3.28. The number of nitro benzene ring substituents is 1. The largest absolute Gasteiger partial charge is 0.269 e. The van der Waals surface area contributed by atoms with Crippen molar-refractivity contribution in [2.75, 3.05) is 0 Å². The third kappa shape index (κ3) is 3.49. The Morgan fingerprint density at radius 3 is 2.50 bits per heavy atom. The van der Waals surface area contributed by atoms with Gasteiger partial charge in [-0.05, 0) is 29.1 Å². The molecule has 0 radical (unpaired) electrons. The van der Waals surface area contributed by atoms with Crippen LogP contribution in [0.15, 0.2) is 58.9 Å². The summed E-state index contributed by atoms with van der Waals surface area (Å²) in [5, 5.41) is 21.9. The highest BCUT2D eigenvalue weighted by atomic mass is 32.2. The lowest BCUT2D eigenvalue weighted by molar-refractivity contribution is -0.384. The zero-order valence-electron chi connectivity index (χ0n) is 11.4. The van der Waals surface area contributed by atoms with Gasteiger partial charge in [0, 0.05) is 17.9 Å². The lowest BCUT2D eigenvalue weighted by Gasteiger charge is -2.02. The van der Waals surface area contributed by atoms with E-state index < -0.39 is 4.92 Å².